The fourth-order valence-electron chi connectivity index (χ4n) is 0.496. The predicted molar refractivity (Wildman–Crippen MR) is 59.5 cm³/mol. The zero-order valence-corrected chi connectivity index (χ0v) is 9.66. The van der Waals surface area contributed by atoms with Gasteiger partial charge < -0.3 is 14.6 Å². The second kappa shape index (κ2) is 10.9. The van der Waals surface area contributed by atoms with Crippen LogP contribution in [-0.2, 0) is 14.3 Å². The van der Waals surface area contributed by atoms with Crippen LogP contribution in [0.4, 0.5) is 0 Å². The summed E-state index contributed by atoms with van der Waals surface area (Å²) in [4.78, 5) is 10.2. The lowest BCUT2D eigenvalue weighted by molar-refractivity contribution is -0.136. The van der Waals surface area contributed by atoms with Crippen LogP contribution in [0.5, 0.6) is 0 Å². The van der Waals surface area contributed by atoms with E-state index >= 15 is 0 Å². The van der Waals surface area contributed by atoms with Crippen molar-refractivity contribution in [2.24, 2.45) is 0 Å². The fraction of sp³-hybridized carbons (Fsp3) is 0.545. The third kappa shape index (κ3) is 15.6. The molecule has 0 rings (SSSR count). The Morgan fingerprint density at radius 3 is 2.33 bits per heavy atom. The first-order chi connectivity index (χ1) is 6.95. The molecule has 0 amide bonds. The van der Waals surface area contributed by atoms with E-state index in [9.17, 15) is 4.79 Å². The Hall–Kier alpha value is -1.13. The maximum Gasteiger partial charge on any atom is 0.332 e. The van der Waals surface area contributed by atoms with Crippen LogP contribution in [0.3, 0.4) is 0 Å². The highest BCUT2D eigenvalue weighted by molar-refractivity contribution is 5.86. The highest BCUT2D eigenvalue weighted by Crippen LogP contribution is 1.87. The summed E-state index contributed by atoms with van der Waals surface area (Å²) in [5, 5.41) is 8.62. The lowest BCUT2D eigenvalue weighted by Gasteiger charge is -2.01. The van der Waals surface area contributed by atoms with Gasteiger partial charge in [-0.25, -0.2) is 4.79 Å². The summed E-state index contributed by atoms with van der Waals surface area (Å²) in [6.45, 7) is 11.0. The van der Waals surface area contributed by atoms with E-state index in [1.54, 1.807) is 19.9 Å². The average Bonchev–Trinajstić information content (AvgIpc) is 2.17. The van der Waals surface area contributed by atoms with Crippen LogP contribution in [0.25, 0.3) is 0 Å². The predicted octanol–water partition coefficient (Wildman–Crippen LogP) is 1.31. The van der Waals surface area contributed by atoms with Gasteiger partial charge in [-0.15, -0.1) is 6.58 Å². The maximum atomic E-state index is 10.2. The van der Waals surface area contributed by atoms with Crippen LogP contribution in [0.1, 0.15) is 13.8 Å². The minimum absolute atomic E-state index is 0.347. The van der Waals surface area contributed by atoms with Gasteiger partial charge in [-0.1, -0.05) is 12.7 Å². The Bertz CT molecular complexity index is 197. The summed E-state index contributed by atoms with van der Waals surface area (Å²) in [6.07, 6.45) is 1.29. The third-order valence-electron chi connectivity index (χ3n) is 1.13. The molecule has 15 heavy (non-hydrogen) atoms. The fourth-order valence-corrected chi connectivity index (χ4v) is 0.496. The van der Waals surface area contributed by atoms with Crippen molar-refractivity contribution in [3.05, 3.63) is 24.8 Å². The van der Waals surface area contributed by atoms with Crippen molar-refractivity contribution in [3.8, 4) is 0 Å². The minimum atomic E-state index is -0.366. The molecule has 88 valence electrons. The molecule has 0 aromatic carbocycles. The van der Waals surface area contributed by atoms with Crippen molar-refractivity contribution in [1.29, 1.82) is 0 Å². The summed E-state index contributed by atoms with van der Waals surface area (Å²) >= 11 is 0. The first kappa shape index (κ1) is 16.3. The van der Waals surface area contributed by atoms with E-state index in [2.05, 4.69) is 17.9 Å². The lowest BCUT2D eigenvalue weighted by Crippen LogP contribution is -2.09. The van der Waals surface area contributed by atoms with Crippen LogP contribution in [0.2, 0.25) is 0 Å². The quantitative estimate of drug-likeness (QED) is 0.326. The molecule has 0 aliphatic rings. The van der Waals surface area contributed by atoms with Crippen LogP contribution in [0, 0.1) is 0 Å². The summed E-state index contributed by atoms with van der Waals surface area (Å²) < 4.78 is 9.15. The van der Waals surface area contributed by atoms with Crippen molar-refractivity contribution in [3.63, 3.8) is 0 Å². The second-order valence-electron chi connectivity index (χ2n) is 2.95. The SMILES string of the molecule is C=C(C)C(=O)OC.C=CCOCC(C)O. The molecule has 0 aromatic heterocycles. The van der Waals surface area contributed by atoms with Gasteiger partial charge >= 0.3 is 5.97 Å². The van der Waals surface area contributed by atoms with Gasteiger partial charge in [0.1, 0.15) is 0 Å². The molecule has 4 nitrogen and oxygen atoms in total. The Balaban J connectivity index is 0. The van der Waals surface area contributed by atoms with Crippen molar-refractivity contribution in [2.45, 2.75) is 20.0 Å². The van der Waals surface area contributed by atoms with Crippen LogP contribution in [0.15, 0.2) is 24.8 Å². The Morgan fingerprint density at radius 2 is 2.13 bits per heavy atom. The number of aliphatic hydroxyl groups excluding tert-OH is 1. The summed E-state index contributed by atoms with van der Waals surface area (Å²) in [7, 11) is 1.33. The summed E-state index contributed by atoms with van der Waals surface area (Å²) in [5.74, 6) is -0.347. The van der Waals surface area contributed by atoms with Gasteiger partial charge in [0.2, 0.25) is 0 Å². The van der Waals surface area contributed by atoms with Crippen molar-refractivity contribution < 1.29 is 19.4 Å². The number of hydrogen-bond acceptors (Lipinski definition) is 4. The Labute approximate surface area is 91.2 Å². The molecule has 0 radical (unpaired) electrons. The van der Waals surface area contributed by atoms with E-state index in [0.29, 0.717) is 18.8 Å². The third-order valence-corrected chi connectivity index (χ3v) is 1.13. The lowest BCUT2D eigenvalue weighted by atomic mass is 10.4. The maximum absolute atomic E-state index is 10.2. The molecule has 1 atom stereocenters. The van der Waals surface area contributed by atoms with Gasteiger partial charge in [0.15, 0.2) is 0 Å². The molecule has 4 heteroatoms. The Kier molecular flexibility index (Phi) is 11.9. The standard InChI is InChI=1S/C6H12O2.C5H8O2/c1-3-4-8-5-6(2)7;1-4(2)5(6)7-3/h3,6-7H,1,4-5H2,2H3;1H2,2-3H3. The van der Waals surface area contributed by atoms with Gasteiger partial charge in [0.25, 0.3) is 0 Å². The molecule has 0 aliphatic carbocycles. The average molecular weight is 216 g/mol. The molecule has 0 aromatic rings. The highest BCUT2D eigenvalue weighted by Gasteiger charge is 1.95. The molecule has 0 aliphatic heterocycles. The van der Waals surface area contributed by atoms with Gasteiger partial charge in [-0.3, -0.25) is 0 Å². The normalized spacial score (nSPS) is 10.7. The molecular formula is C11H20O4. The van der Waals surface area contributed by atoms with Crippen molar-refractivity contribution in [1.82, 2.24) is 0 Å². The molecule has 0 saturated heterocycles. The molecule has 1 unspecified atom stereocenters. The second-order valence-corrected chi connectivity index (χ2v) is 2.95. The largest absolute Gasteiger partial charge is 0.466 e. The number of esters is 1. The van der Waals surface area contributed by atoms with Gasteiger partial charge in [0.05, 0.1) is 26.4 Å². The molecule has 0 saturated carbocycles. The number of ether oxygens (including phenoxy) is 2. The number of carbonyl (C=O) groups excluding carboxylic acids is 1. The van der Waals surface area contributed by atoms with Gasteiger partial charge in [0, 0.05) is 5.57 Å². The number of aliphatic hydroxyl groups is 1. The van der Waals surface area contributed by atoms with E-state index in [0.717, 1.165) is 0 Å². The molecule has 0 spiro atoms. The summed E-state index contributed by atoms with van der Waals surface area (Å²) in [6, 6.07) is 0. The van der Waals surface area contributed by atoms with Gasteiger partial charge in [-0.05, 0) is 13.8 Å². The van der Waals surface area contributed by atoms with Crippen LogP contribution < -0.4 is 0 Å². The number of hydrogen-bond donors (Lipinski definition) is 1. The monoisotopic (exact) mass is 216 g/mol. The Morgan fingerprint density at radius 1 is 1.60 bits per heavy atom. The van der Waals surface area contributed by atoms with E-state index in [1.807, 2.05) is 0 Å². The van der Waals surface area contributed by atoms with E-state index < -0.39 is 0 Å². The van der Waals surface area contributed by atoms with Crippen LogP contribution >= 0.6 is 0 Å². The molecule has 0 bridgehead atoms. The van der Waals surface area contributed by atoms with Crippen molar-refractivity contribution >= 4 is 5.97 Å². The van der Waals surface area contributed by atoms with E-state index in [-0.39, 0.29) is 12.1 Å². The highest BCUT2D eigenvalue weighted by atomic mass is 16.5. The molecule has 0 fully saturated rings. The molecule has 1 N–H and O–H groups in total. The van der Waals surface area contributed by atoms with Gasteiger partial charge in [-0.2, -0.15) is 0 Å². The van der Waals surface area contributed by atoms with E-state index in [1.165, 1.54) is 7.11 Å². The first-order valence-electron chi connectivity index (χ1n) is 4.56. The zero-order chi connectivity index (χ0) is 12.3. The molecular weight excluding hydrogens is 196 g/mol. The van der Waals surface area contributed by atoms with Crippen molar-refractivity contribution in [2.75, 3.05) is 20.3 Å². The van der Waals surface area contributed by atoms with E-state index in [4.69, 9.17) is 9.84 Å². The number of carbonyl (C=O) groups is 1. The number of methoxy groups -OCH3 is 1. The topological polar surface area (TPSA) is 55.8 Å². The molecule has 0 heterocycles. The number of rotatable bonds is 5. The van der Waals surface area contributed by atoms with Crippen LogP contribution in [-0.4, -0.2) is 37.5 Å². The summed E-state index contributed by atoms with van der Waals surface area (Å²) in [5.41, 5.74) is 0.433. The minimum Gasteiger partial charge on any atom is -0.466 e. The zero-order valence-electron chi connectivity index (χ0n) is 9.66. The first-order valence-corrected chi connectivity index (χ1v) is 4.56. The smallest absolute Gasteiger partial charge is 0.332 e.